The van der Waals surface area contributed by atoms with Gasteiger partial charge in [0, 0.05) is 0 Å². The van der Waals surface area contributed by atoms with Crippen LogP contribution in [0.3, 0.4) is 0 Å². The molecule has 0 heterocycles. The van der Waals surface area contributed by atoms with Gasteiger partial charge in [0.1, 0.15) is 0 Å². The van der Waals surface area contributed by atoms with Gasteiger partial charge in [-0.2, -0.15) is 0 Å². The fourth-order valence-corrected chi connectivity index (χ4v) is 4.41. The van der Waals surface area contributed by atoms with Crippen molar-refractivity contribution in [1.82, 2.24) is 0 Å². The smallest absolute Gasteiger partial charge is 0.0837 e. The summed E-state index contributed by atoms with van der Waals surface area (Å²) in [5.41, 5.74) is 2.07. The molecule has 0 aliphatic rings. The monoisotopic (exact) mass is 218 g/mol. The van der Waals surface area contributed by atoms with Gasteiger partial charge in [0.2, 0.25) is 0 Å². The van der Waals surface area contributed by atoms with Gasteiger partial charge in [-0.15, -0.1) is 6.58 Å². The Bertz CT molecular complexity index is 324. The first-order valence-electron chi connectivity index (χ1n) is 5.64. The van der Waals surface area contributed by atoms with Crippen molar-refractivity contribution in [3.63, 3.8) is 0 Å². The molecule has 1 aromatic rings. The van der Waals surface area contributed by atoms with E-state index in [-0.39, 0.29) is 0 Å². The van der Waals surface area contributed by atoms with Gasteiger partial charge < -0.3 is 0 Å². The fourth-order valence-electron chi connectivity index (χ4n) is 1.93. The van der Waals surface area contributed by atoms with E-state index in [2.05, 4.69) is 63.9 Å². The molecule has 0 aliphatic carbocycles. The normalized spacial score (nSPS) is 13.6. The summed E-state index contributed by atoms with van der Waals surface area (Å²) < 4.78 is 0. The van der Waals surface area contributed by atoms with Crippen LogP contribution in [0.5, 0.6) is 0 Å². The van der Waals surface area contributed by atoms with E-state index in [0.29, 0.717) is 0 Å². The van der Waals surface area contributed by atoms with Crippen molar-refractivity contribution < 1.29 is 0 Å². The summed E-state index contributed by atoms with van der Waals surface area (Å²) in [5, 5.41) is 1.55. The molecule has 15 heavy (non-hydrogen) atoms. The van der Waals surface area contributed by atoms with E-state index in [4.69, 9.17) is 0 Å². The predicted molar refractivity (Wildman–Crippen MR) is 72.4 cm³/mol. The minimum Gasteiger partial charge on any atom is -0.100 e. The lowest BCUT2D eigenvalue weighted by atomic mass is 10.2. The zero-order chi connectivity index (χ0) is 11.5. The van der Waals surface area contributed by atoms with Crippen molar-refractivity contribution in [2.45, 2.75) is 38.9 Å². The molecule has 0 bridgehead atoms. The van der Waals surface area contributed by atoms with Crippen LogP contribution < -0.4 is 5.19 Å². The Hall–Kier alpha value is -0.823. The standard InChI is InChI=1S/C14H22Si/c1-12(2)11-13(3)15(4,5)14-9-7-6-8-10-14/h6-10,13H,1,11H2,2-5H3. The maximum absolute atomic E-state index is 4.02. The Labute approximate surface area is 95.0 Å². The molecule has 0 radical (unpaired) electrons. The van der Waals surface area contributed by atoms with Crippen LogP contribution in [0.2, 0.25) is 18.6 Å². The molecule has 1 heteroatoms. The first kappa shape index (κ1) is 12.2. The minimum absolute atomic E-state index is 0.761. The minimum atomic E-state index is -1.31. The molecule has 82 valence electrons. The molecule has 0 nitrogen and oxygen atoms in total. The average molecular weight is 218 g/mol. The number of benzene rings is 1. The van der Waals surface area contributed by atoms with Crippen LogP contribution >= 0.6 is 0 Å². The van der Waals surface area contributed by atoms with Gasteiger partial charge in [-0.1, -0.05) is 61.1 Å². The van der Waals surface area contributed by atoms with Crippen molar-refractivity contribution in [2.75, 3.05) is 0 Å². The van der Waals surface area contributed by atoms with Gasteiger partial charge in [-0.3, -0.25) is 0 Å². The Morgan fingerprint density at radius 1 is 1.27 bits per heavy atom. The van der Waals surface area contributed by atoms with Crippen LogP contribution in [-0.2, 0) is 0 Å². The summed E-state index contributed by atoms with van der Waals surface area (Å²) in [5.74, 6) is 0. The lowest BCUT2D eigenvalue weighted by Gasteiger charge is -2.30. The Kier molecular flexibility index (Phi) is 3.92. The highest BCUT2D eigenvalue weighted by Crippen LogP contribution is 2.27. The number of hydrogen-bond acceptors (Lipinski definition) is 0. The van der Waals surface area contributed by atoms with Crippen LogP contribution in [-0.4, -0.2) is 8.07 Å². The van der Waals surface area contributed by atoms with Crippen LogP contribution in [0.25, 0.3) is 0 Å². The lowest BCUT2D eigenvalue weighted by Crippen LogP contribution is -2.45. The molecule has 1 aromatic carbocycles. The molecule has 0 saturated carbocycles. The molecule has 1 atom stereocenters. The third kappa shape index (κ3) is 3.06. The summed E-state index contributed by atoms with van der Waals surface area (Å²) in [4.78, 5) is 0. The Morgan fingerprint density at radius 3 is 2.27 bits per heavy atom. The SMILES string of the molecule is C=C(C)CC(C)[Si](C)(C)c1ccccc1. The molecule has 1 unspecified atom stereocenters. The third-order valence-electron chi connectivity index (χ3n) is 3.40. The average Bonchev–Trinajstić information content (AvgIpc) is 2.18. The highest BCUT2D eigenvalue weighted by Gasteiger charge is 2.29. The largest absolute Gasteiger partial charge is 0.100 e. The fraction of sp³-hybridized carbons (Fsp3) is 0.429. The maximum atomic E-state index is 4.02. The van der Waals surface area contributed by atoms with Crippen molar-refractivity contribution in [2.24, 2.45) is 0 Å². The quantitative estimate of drug-likeness (QED) is 0.530. The Balaban J connectivity index is 2.87. The molecule has 0 aromatic heterocycles. The third-order valence-corrected chi connectivity index (χ3v) is 7.89. The lowest BCUT2D eigenvalue weighted by molar-refractivity contribution is 0.870. The van der Waals surface area contributed by atoms with Gasteiger partial charge in [-0.05, 0) is 18.9 Å². The van der Waals surface area contributed by atoms with Crippen molar-refractivity contribution in [3.05, 3.63) is 42.5 Å². The van der Waals surface area contributed by atoms with E-state index in [0.717, 1.165) is 12.0 Å². The van der Waals surface area contributed by atoms with Gasteiger partial charge in [0.25, 0.3) is 0 Å². The highest BCUT2D eigenvalue weighted by atomic mass is 28.3. The maximum Gasteiger partial charge on any atom is 0.0837 e. The summed E-state index contributed by atoms with van der Waals surface area (Å²) in [6.45, 7) is 13.4. The molecule has 0 amide bonds. The van der Waals surface area contributed by atoms with Crippen LogP contribution in [0.1, 0.15) is 20.3 Å². The van der Waals surface area contributed by atoms with Gasteiger partial charge in [0.05, 0.1) is 8.07 Å². The summed E-state index contributed by atoms with van der Waals surface area (Å²) in [6, 6.07) is 11.0. The van der Waals surface area contributed by atoms with E-state index >= 15 is 0 Å². The van der Waals surface area contributed by atoms with Crippen LogP contribution in [0.4, 0.5) is 0 Å². The highest BCUT2D eigenvalue weighted by molar-refractivity contribution is 6.90. The van der Waals surface area contributed by atoms with Gasteiger partial charge in [-0.25, -0.2) is 0 Å². The summed E-state index contributed by atoms with van der Waals surface area (Å²) in [6.07, 6.45) is 1.16. The van der Waals surface area contributed by atoms with Crippen molar-refractivity contribution in [1.29, 1.82) is 0 Å². The predicted octanol–water partition coefficient (Wildman–Crippen LogP) is 3.96. The molecular weight excluding hydrogens is 196 g/mol. The zero-order valence-corrected chi connectivity index (χ0v) is 11.4. The number of allylic oxidation sites excluding steroid dienone is 1. The van der Waals surface area contributed by atoms with Gasteiger partial charge in [0.15, 0.2) is 0 Å². The van der Waals surface area contributed by atoms with Gasteiger partial charge >= 0.3 is 0 Å². The molecule has 0 N–H and O–H groups in total. The number of rotatable bonds is 4. The molecule has 0 fully saturated rings. The molecule has 0 spiro atoms. The topological polar surface area (TPSA) is 0 Å². The zero-order valence-electron chi connectivity index (χ0n) is 10.4. The second-order valence-corrected chi connectivity index (χ2v) is 10.2. The second-order valence-electron chi connectivity index (χ2n) is 5.15. The summed E-state index contributed by atoms with van der Waals surface area (Å²) >= 11 is 0. The second kappa shape index (κ2) is 4.80. The van der Waals surface area contributed by atoms with E-state index < -0.39 is 8.07 Å². The van der Waals surface area contributed by atoms with Crippen molar-refractivity contribution in [3.8, 4) is 0 Å². The van der Waals surface area contributed by atoms with Crippen LogP contribution in [0, 0.1) is 0 Å². The molecule has 0 saturated heterocycles. The summed E-state index contributed by atoms with van der Waals surface area (Å²) in [7, 11) is -1.31. The van der Waals surface area contributed by atoms with E-state index in [1.807, 2.05) is 0 Å². The molecular formula is C14H22Si. The van der Waals surface area contributed by atoms with E-state index in [1.165, 1.54) is 5.57 Å². The number of hydrogen-bond donors (Lipinski definition) is 0. The molecule has 0 aliphatic heterocycles. The van der Waals surface area contributed by atoms with E-state index in [9.17, 15) is 0 Å². The first-order valence-corrected chi connectivity index (χ1v) is 8.72. The van der Waals surface area contributed by atoms with Crippen molar-refractivity contribution >= 4 is 13.3 Å². The van der Waals surface area contributed by atoms with E-state index in [1.54, 1.807) is 5.19 Å². The molecule has 1 rings (SSSR count). The Morgan fingerprint density at radius 2 is 1.80 bits per heavy atom. The van der Waals surface area contributed by atoms with Crippen LogP contribution in [0.15, 0.2) is 42.5 Å². The first-order chi connectivity index (χ1) is 6.94.